The van der Waals surface area contributed by atoms with Crippen LogP contribution in [0.25, 0.3) is 0 Å². The Morgan fingerprint density at radius 2 is 2.39 bits per heavy atom. The zero-order valence-corrected chi connectivity index (χ0v) is 11.2. The van der Waals surface area contributed by atoms with E-state index in [1.165, 1.54) is 11.8 Å². The minimum atomic E-state index is -0.113. The van der Waals surface area contributed by atoms with E-state index in [1.54, 1.807) is 0 Å². The molecule has 7 heteroatoms. The number of amides is 1. The van der Waals surface area contributed by atoms with Crippen molar-refractivity contribution in [3.8, 4) is 12.3 Å². The molecule has 1 amide bonds. The van der Waals surface area contributed by atoms with Gasteiger partial charge in [0.05, 0.1) is 18.8 Å². The van der Waals surface area contributed by atoms with Gasteiger partial charge in [0, 0.05) is 6.54 Å². The van der Waals surface area contributed by atoms with E-state index in [4.69, 9.17) is 12.2 Å². The van der Waals surface area contributed by atoms with Crippen LogP contribution in [0.5, 0.6) is 0 Å². The van der Waals surface area contributed by atoms with E-state index in [-0.39, 0.29) is 18.2 Å². The first kappa shape index (κ1) is 14.5. The van der Waals surface area contributed by atoms with Gasteiger partial charge in [-0.05, 0) is 6.42 Å². The summed E-state index contributed by atoms with van der Waals surface area (Å²) in [7, 11) is 0. The fraction of sp³-hybridized carbons (Fsp3) is 0.545. The molecule has 0 atom stereocenters. The van der Waals surface area contributed by atoms with Crippen LogP contribution in [0.2, 0.25) is 0 Å². The van der Waals surface area contributed by atoms with Crippen LogP contribution < -0.4 is 11.1 Å². The number of rotatable bonds is 7. The molecule has 1 aromatic heterocycles. The van der Waals surface area contributed by atoms with E-state index in [1.807, 2.05) is 4.57 Å². The summed E-state index contributed by atoms with van der Waals surface area (Å²) in [5, 5.41) is 11.3. The molecule has 18 heavy (non-hydrogen) atoms. The molecule has 0 unspecified atom stereocenters. The van der Waals surface area contributed by atoms with Crippen molar-refractivity contribution in [2.24, 2.45) is 5.73 Å². The molecule has 0 aliphatic heterocycles. The quantitative estimate of drug-likeness (QED) is 0.536. The lowest BCUT2D eigenvalue weighted by Crippen LogP contribution is -2.25. The van der Waals surface area contributed by atoms with Crippen LogP contribution in [-0.2, 0) is 17.9 Å². The van der Waals surface area contributed by atoms with Crippen LogP contribution in [0.1, 0.15) is 19.2 Å². The van der Waals surface area contributed by atoms with Crippen molar-refractivity contribution in [3.05, 3.63) is 5.82 Å². The topological polar surface area (TPSA) is 85.8 Å². The molecule has 0 spiro atoms. The molecule has 1 heterocycles. The van der Waals surface area contributed by atoms with Gasteiger partial charge in [-0.1, -0.05) is 24.6 Å². The highest BCUT2D eigenvalue weighted by atomic mass is 32.2. The summed E-state index contributed by atoms with van der Waals surface area (Å²) in [4.78, 5) is 11.4. The molecule has 6 nitrogen and oxygen atoms in total. The SMILES string of the molecule is C#CCNC(=O)CSc1nnc(CN)n1CCC. The van der Waals surface area contributed by atoms with Crippen LogP contribution in [0.4, 0.5) is 0 Å². The standard InChI is InChI=1S/C11H17N5OS/c1-3-5-13-10(17)8-18-11-15-14-9(7-12)16(11)6-4-2/h1H,4-8,12H2,2H3,(H,13,17). The number of nitrogens with zero attached hydrogens (tertiary/aromatic N) is 3. The Morgan fingerprint density at radius 1 is 1.61 bits per heavy atom. The Hall–Kier alpha value is -1.52. The van der Waals surface area contributed by atoms with Gasteiger partial charge in [-0.15, -0.1) is 16.6 Å². The first-order valence-electron chi connectivity index (χ1n) is 5.68. The normalized spacial score (nSPS) is 10.1. The van der Waals surface area contributed by atoms with Gasteiger partial charge < -0.3 is 15.6 Å². The second-order valence-corrected chi connectivity index (χ2v) is 4.47. The zero-order valence-electron chi connectivity index (χ0n) is 10.3. The minimum Gasteiger partial charge on any atom is -0.344 e. The number of thioether (sulfide) groups is 1. The number of nitrogens with two attached hydrogens (primary N) is 1. The molecule has 0 saturated heterocycles. The molecule has 1 aromatic rings. The largest absolute Gasteiger partial charge is 0.344 e. The van der Waals surface area contributed by atoms with E-state index in [9.17, 15) is 4.79 Å². The molecular weight excluding hydrogens is 250 g/mol. The van der Waals surface area contributed by atoms with Gasteiger partial charge in [0.2, 0.25) is 5.91 Å². The number of hydrogen-bond donors (Lipinski definition) is 2. The Morgan fingerprint density at radius 3 is 3.00 bits per heavy atom. The van der Waals surface area contributed by atoms with Crippen molar-refractivity contribution in [1.82, 2.24) is 20.1 Å². The summed E-state index contributed by atoms with van der Waals surface area (Å²) in [5.41, 5.74) is 5.58. The number of carbonyl (C=O) groups excluding carboxylic acids is 1. The summed E-state index contributed by atoms with van der Waals surface area (Å²) < 4.78 is 1.94. The van der Waals surface area contributed by atoms with E-state index in [0.29, 0.717) is 11.7 Å². The molecule has 98 valence electrons. The van der Waals surface area contributed by atoms with Crippen molar-refractivity contribution in [1.29, 1.82) is 0 Å². The van der Waals surface area contributed by atoms with Gasteiger partial charge in [-0.2, -0.15) is 0 Å². The van der Waals surface area contributed by atoms with E-state index in [2.05, 4.69) is 28.4 Å². The molecule has 0 aliphatic rings. The van der Waals surface area contributed by atoms with Crippen LogP contribution in [0, 0.1) is 12.3 Å². The average molecular weight is 267 g/mol. The Bertz CT molecular complexity index is 437. The summed E-state index contributed by atoms with van der Waals surface area (Å²) in [6.07, 6.45) is 6.02. The molecule has 0 aliphatic carbocycles. The van der Waals surface area contributed by atoms with Crippen LogP contribution in [0.15, 0.2) is 5.16 Å². The van der Waals surface area contributed by atoms with Crippen molar-refractivity contribution in [3.63, 3.8) is 0 Å². The highest BCUT2D eigenvalue weighted by Crippen LogP contribution is 2.17. The molecule has 0 fully saturated rings. The van der Waals surface area contributed by atoms with Gasteiger partial charge in [0.15, 0.2) is 5.16 Å². The maximum absolute atomic E-state index is 11.4. The third kappa shape index (κ3) is 4.05. The fourth-order valence-electron chi connectivity index (χ4n) is 1.36. The predicted molar refractivity (Wildman–Crippen MR) is 70.8 cm³/mol. The van der Waals surface area contributed by atoms with Gasteiger partial charge in [0.25, 0.3) is 0 Å². The molecule has 0 bridgehead atoms. The van der Waals surface area contributed by atoms with Crippen molar-refractivity contribution in [2.45, 2.75) is 31.6 Å². The molecule has 1 rings (SSSR count). The van der Waals surface area contributed by atoms with E-state index >= 15 is 0 Å². The maximum Gasteiger partial charge on any atom is 0.231 e. The Labute approximate surface area is 111 Å². The van der Waals surface area contributed by atoms with Crippen molar-refractivity contribution in [2.75, 3.05) is 12.3 Å². The smallest absolute Gasteiger partial charge is 0.231 e. The lowest BCUT2D eigenvalue weighted by molar-refractivity contribution is -0.118. The lowest BCUT2D eigenvalue weighted by Gasteiger charge is -2.07. The van der Waals surface area contributed by atoms with Gasteiger partial charge in [0.1, 0.15) is 5.82 Å². The average Bonchev–Trinajstić information content (AvgIpc) is 2.76. The minimum absolute atomic E-state index is 0.113. The number of terminal acetylenes is 1. The zero-order chi connectivity index (χ0) is 13.4. The second kappa shape index (κ2) is 7.74. The highest BCUT2D eigenvalue weighted by molar-refractivity contribution is 7.99. The van der Waals surface area contributed by atoms with Gasteiger partial charge in [-0.3, -0.25) is 4.79 Å². The maximum atomic E-state index is 11.4. The second-order valence-electron chi connectivity index (χ2n) is 3.52. The third-order valence-corrected chi connectivity index (χ3v) is 3.11. The predicted octanol–water partition coefficient (Wildman–Crippen LogP) is -0.0117. The third-order valence-electron chi connectivity index (χ3n) is 2.14. The molecule has 0 aromatic carbocycles. The Kier molecular flexibility index (Phi) is 6.25. The van der Waals surface area contributed by atoms with Crippen molar-refractivity contribution >= 4 is 17.7 Å². The van der Waals surface area contributed by atoms with Gasteiger partial charge >= 0.3 is 0 Å². The molecule has 0 radical (unpaired) electrons. The van der Waals surface area contributed by atoms with Crippen LogP contribution in [0.3, 0.4) is 0 Å². The Balaban J connectivity index is 2.59. The number of hydrogen-bond acceptors (Lipinski definition) is 5. The van der Waals surface area contributed by atoms with E-state index < -0.39 is 0 Å². The summed E-state index contributed by atoms with van der Waals surface area (Å²) in [5.74, 6) is 3.25. The number of nitrogens with one attached hydrogen (secondary N) is 1. The van der Waals surface area contributed by atoms with Crippen molar-refractivity contribution < 1.29 is 4.79 Å². The first-order chi connectivity index (χ1) is 8.72. The monoisotopic (exact) mass is 267 g/mol. The first-order valence-corrected chi connectivity index (χ1v) is 6.66. The number of carbonyl (C=O) groups is 1. The summed E-state index contributed by atoms with van der Waals surface area (Å²) in [6.45, 7) is 3.45. The molecule has 3 N–H and O–H groups in total. The summed E-state index contributed by atoms with van der Waals surface area (Å²) in [6, 6.07) is 0. The molecule has 0 saturated carbocycles. The van der Waals surface area contributed by atoms with Crippen LogP contribution >= 0.6 is 11.8 Å². The van der Waals surface area contributed by atoms with E-state index in [0.717, 1.165) is 18.8 Å². The number of aromatic nitrogens is 3. The fourth-order valence-corrected chi connectivity index (χ4v) is 2.17. The molecular formula is C11H17N5OS. The van der Waals surface area contributed by atoms with Crippen LogP contribution in [-0.4, -0.2) is 33.0 Å². The highest BCUT2D eigenvalue weighted by Gasteiger charge is 2.12. The summed E-state index contributed by atoms with van der Waals surface area (Å²) >= 11 is 1.33. The lowest BCUT2D eigenvalue weighted by atomic mass is 10.4. The van der Waals surface area contributed by atoms with Gasteiger partial charge in [-0.25, -0.2) is 0 Å².